The molecule has 0 unspecified atom stereocenters. The molecule has 0 radical (unpaired) electrons. The molecule has 5 rings (SSSR count). The van der Waals surface area contributed by atoms with Crippen LogP contribution in [0.2, 0.25) is 0 Å². The highest BCUT2D eigenvalue weighted by atomic mass is 32.1. The van der Waals surface area contributed by atoms with Crippen molar-refractivity contribution in [3.63, 3.8) is 0 Å². The third kappa shape index (κ3) is 4.44. The number of piperazine rings is 1. The van der Waals surface area contributed by atoms with E-state index in [0.29, 0.717) is 11.4 Å². The van der Waals surface area contributed by atoms with Crippen molar-refractivity contribution >= 4 is 18.0 Å². The Morgan fingerprint density at radius 2 is 1.70 bits per heavy atom. The summed E-state index contributed by atoms with van der Waals surface area (Å²) in [6.45, 7) is 8.53. The summed E-state index contributed by atoms with van der Waals surface area (Å²) < 4.78 is 4.74. The number of hydrogen-bond donors (Lipinski definition) is 0. The van der Waals surface area contributed by atoms with Crippen LogP contribution in [0.5, 0.6) is 0 Å². The largest absolute Gasteiger partial charge is 0.353 e. The fourth-order valence-corrected chi connectivity index (χ4v) is 4.42. The summed E-state index contributed by atoms with van der Waals surface area (Å²) in [5.74, 6) is 1.79. The Hall–Kier alpha value is -3.36. The lowest BCUT2D eigenvalue weighted by molar-refractivity contribution is 0.194. The van der Waals surface area contributed by atoms with Crippen molar-refractivity contribution < 1.29 is 0 Å². The highest BCUT2D eigenvalue weighted by molar-refractivity contribution is 7.71. The lowest BCUT2D eigenvalue weighted by Crippen LogP contribution is -2.47. The Balaban J connectivity index is 1.43. The molecule has 2 aromatic heterocycles. The highest BCUT2D eigenvalue weighted by Gasteiger charge is 2.21. The lowest BCUT2D eigenvalue weighted by atomic mass is 10.1. The average molecular weight is 458 g/mol. The molecule has 7 nitrogen and oxygen atoms in total. The van der Waals surface area contributed by atoms with Crippen molar-refractivity contribution in [2.45, 2.75) is 20.5 Å². The Morgan fingerprint density at radius 1 is 0.909 bits per heavy atom. The third-order valence-electron chi connectivity index (χ3n) is 6.20. The van der Waals surface area contributed by atoms with Gasteiger partial charge in [0.25, 0.3) is 0 Å². The fourth-order valence-electron chi connectivity index (χ4n) is 4.13. The molecular weight excluding hydrogens is 430 g/mol. The summed E-state index contributed by atoms with van der Waals surface area (Å²) in [4.78, 5) is 13.3. The first kappa shape index (κ1) is 21.5. The molecule has 0 atom stereocenters. The molecule has 0 N–H and O–H groups in total. The Kier molecular flexibility index (Phi) is 6.02. The molecule has 1 aliphatic heterocycles. The van der Waals surface area contributed by atoms with Crippen molar-refractivity contribution in [1.29, 1.82) is 0 Å². The first-order valence-electron chi connectivity index (χ1n) is 11.2. The number of hydrogen-bond acceptors (Lipinski definition) is 6. The standard InChI is InChI=1S/C25H27N7S/c1-19-8-9-22(16-20(19)2)32-24(21-6-4-3-5-7-21)28-31(25(32)33)18-29-12-14-30(15-13-29)23-17-26-10-11-27-23/h3-11,16-17H,12-15,18H2,1-2H3. The van der Waals surface area contributed by atoms with Crippen LogP contribution in [0.25, 0.3) is 17.1 Å². The molecule has 0 bridgehead atoms. The molecule has 1 aliphatic rings. The highest BCUT2D eigenvalue weighted by Crippen LogP contribution is 2.24. The van der Waals surface area contributed by atoms with Crippen molar-refractivity contribution in [3.8, 4) is 17.1 Å². The molecule has 168 valence electrons. The van der Waals surface area contributed by atoms with Crippen LogP contribution in [0.15, 0.2) is 67.1 Å². The molecule has 1 fully saturated rings. The predicted octanol–water partition coefficient (Wildman–Crippen LogP) is 4.26. The maximum atomic E-state index is 5.95. The fraction of sp³-hybridized carbons (Fsp3) is 0.280. The van der Waals surface area contributed by atoms with E-state index in [-0.39, 0.29) is 0 Å². The van der Waals surface area contributed by atoms with Crippen molar-refractivity contribution in [2.75, 3.05) is 31.1 Å². The van der Waals surface area contributed by atoms with Gasteiger partial charge in [0, 0.05) is 44.1 Å². The summed E-state index contributed by atoms with van der Waals surface area (Å²) in [6.07, 6.45) is 5.27. The van der Waals surface area contributed by atoms with Gasteiger partial charge < -0.3 is 4.90 Å². The minimum atomic E-state index is 0.658. The van der Waals surface area contributed by atoms with Crippen molar-refractivity contribution in [1.82, 2.24) is 29.2 Å². The van der Waals surface area contributed by atoms with Gasteiger partial charge in [-0.3, -0.25) is 14.5 Å². The summed E-state index contributed by atoms with van der Waals surface area (Å²) in [5, 5.41) is 4.98. The molecule has 33 heavy (non-hydrogen) atoms. The second-order valence-electron chi connectivity index (χ2n) is 8.39. The molecule has 0 amide bonds. The number of aromatic nitrogens is 5. The molecule has 2 aromatic carbocycles. The zero-order valence-electron chi connectivity index (χ0n) is 18.9. The van der Waals surface area contributed by atoms with Gasteiger partial charge >= 0.3 is 0 Å². The molecule has 8 heteroatoms. The van der Waals surface area contributed by atoms with Gasteiger partial charge in [-0.15, -0.1) is 5.10 Å². The molecule has 0 spiro atoms. The van der Waals surface area contributed by atoms with E-state index in [1.165, 1.54) is 11.1 Å². The van der Waals surface area contributed by atoms with Gasteiger partial charge in [-0.1, -0.05) is 36.4 Å². The van der Waals surface area contributed by atoms with Crippen LogP contribution in [0.3, 0.4) is 0 Å². The summed E-state index contributed by atoms with van der Waals surface area (Å²) in [6, 6.07) is 16.7. The maximum absolute atomic E-state index is 5.95. The van der Waals surface area contributed by atoms with E-state index >= 15 is 0 Å². The van der Waals surface area contributed by atoms with Gasteiger partial charge in [-0.05, 0) is 49.3 Å². The van der Waals surface area contributed by atoms with Crippen molar-refractivity contribution in [3.05, 3.63) is 83.0 Å². The van der Waals surface area contributed by atoms with E-state index in [0.717, 1.165) is 49.1 Å². The zero-order valence-corrected chi connectivity index (χ0v) is 19.7. The van der Waals surface area contributed by atoms with E-state index < -0.39 is 0 Å². The molecule has 3 heterocycles. The first-order chi connectivity index (χ1) is 16.1. The minimum Gasteiger partial charge on any atom is -0.353 e. The van der Waals surface area contributed by atoms with E-state index in [1.54, 1.807) is 12.4 Å². The van der Waals surface area contributed by atoms with Gasteiger partial charge in [0.2, 0.25) is 4.77 Å². The monoisotopic (exact) mass is 457 g/mol. The van der Waals surface area contributed by atoms with E-state index in [1.807, 2.05) is 29.1 Å². The second kappa shape index (κ2) is 9.25. The number of rotatable bonds is 5. The maximum Gasteiger partial charge on any atom is 0.204 e. The zero-order chi connectivity index (χ0) is 22.8. The van der Waals surface area contributed by atoms with Crippen LogP contribution in [0.1, 0.15) is 11.1 Å². The van der Waals surface area contributed by atoms with E-state index in [4.69, 9.17) is 17.3 Å². The van der Waals surface area contributed by atoms with Gasteiger partial charge in [-0.2, -0.15) is 0 Å². The van der Waals surface area contributed by atoms with Crippen LogP contribution in [-0.4, -0.2) is 55.4 Å². The summed E-state index contributed by atoms with van der Waals surface area (Å²) in [7, 11) is 0. The van der Waals surface area contributed by atoms with Gasteiger partial charge in [-0.25, -0.2) is 9.67 Å². The van der Waals surface area contributed by atoms with Crippen LogP contribution in [0, 0.1) is 18.6 Å². The average Bonchev–Trinajstić information content (AvgIpc) is 3.18. The topological polar surface area (TPSA) is 55.0 Å². The SMILES string of the molecule is Cc1ccc(-n2c(-c3ccccc3)nn(CN3CCN(c4cnccn4)CC3)c2=S)cc1C. The molecule has 0 saturated carbocycles. The first-order valence-corrected chi connectivity index (χ1v) is 11.6. The lowest BCUT2D eigenvalue weighted by Gasteiger charge is -2.34. The number of anilines is 1. The van der Waals surface area contributed by atoms with Crippen LogP contribution >= 0.6 is 12.2 Å². The van der Waals surface area contributed by atoms with Gasteiger partial charge in [0.15, 0.2) is 5.82 Å². The van der Waals surface area contributed by atoms with Crippen molar-refractivity contribution in [2.24, 2.45) is 0 Å². The van der Waals surface area contributed by atoms with Crippen LogP contribution < -0.4 is 4.90 Å². The Labute approximate surface area is 199 Å². The van der Waals surface area contributed by atoms with Gasteiger partial charge in [0.05, 0.1) is 18.6 Å². The van der Waals surface area contributed by atoms with Crippen LogP contribution in [0.4, 0.5) is 5.82 Å². The third-order valence-corrected chi connectivity index (χ3v) is 6.59. The quantitative estimate of drug-likeness (QED) is 0.418. The predicted molar refractivity (Wildman–Crippen MR) is 133 cm³/mol. The van der Waals surface area contributed by atoms with Crippen LogP contribution in [-0.2, 0) is 6.67 Å². The Bertz CT molecular complexity index is 1290. The number of nitrogens with zero attached hydrogens (tertiary/aromatic N) is 7. The molecule has 0 aliphatic carbocycles. The molecule has 4 aromatic rings. The smallest absolute Gasteiger partial charge is 0.204 e. The number of aryl methyl sites for hydroxylation is 2. The Morgan fingerprint density at radius 3 is 2.39 bits per heavy atom. The minimum absolute atomic E-state index is 0.658. The number of benzene rings is 2. The molecule has 1 saturated heterocycles. The normalized spacial score (nSPS) is 14.5. The van der Waals surface area contributed by atoms with E-state index in [2.05, 4.69) is 68.5 Å². The second-order valence-corrected chi connectivity index (χ2v) is 8.75. The van der Waals surface area contributed by atoms with E-state index in [9.17, 15) is 0 Å². The summed E-state index contributed by atoms with van der Waals surface area (Å²) >= 11 is 5.95. The van der Waals surface area contributed by atoms with Gasteiger partial charge in [0.1, 0.15) is 5.82 Å². The summed E-state index contributed by atoms with van der Waals surface area (Å²) in [5.41, 5.74) is 4.59. The molecular formula is C25H27N7S.